The number of carbonyl (C=O) groups excluding carboxylic acids is 2. The first-order valence-corrected chi connectivity index (χ1v) is 11.8. The highest BCUT2D eigenvalue weighted by Gasteiger charge is 2.24. The van der Waals surface area contributed by atoms with Gasteiger partial charge in [-0.25, -0.2) is 0 Å². The maximum absolute atomic E-state index is 13.1. The number of hydrogen-bond donors (Lipinski definition) is 2. The molecule has 2 aromatic carbocycles. The van der Waals surface area contributed by atoms with Crippen LogP contribution in [0.1, 0.15) is 15.2 Å². The summed E-state index contributed by atoms with van der Waals surface area (Å²) in [5.41, 5.74) is 1.74. The number of rotatable bonds is 7. The monoisotopic (exact) mass is 478 g/mol. The molecular weight excluding hydrogens is 460 g/mol. The average Bonchev–Trinajstić information content (AvgIpc) is 3.60. The highest BCUT2D eigenvalue weighted by atomic mass is 32.1. The average molecular weight is 479 g/mol. The minimum absolute atomic E-state index is 0.191. The van der Waals surface area contributed by atoms with Crippen LogP contribution in [0, 0.1) is 0 Å². The van der Waals surface area contributed by atoms with Gasteiger partial charge in [0.1, 0.15) is 11.0 Å². The second-order valence-electron chi connectivity index (χ2n) is 7.16. The van der Waals surface area contributed by atoms with Crippen molar-refractivity contribution >= 4 is 39.6 Å². The maximum Gasteiger partial charge on any atom is 0.262 e. The molecule has 5 rings (SSSR count). The molecule has 1 unspecified atom stereocenters. The molecule has 0 spiro atoms. The van der Waals surface area contributed by atoms with Crippen molar-refractivity contribution in [3.8, 4) is 22.1 Å². The summed E-state index contributed by atoms with van der Waals surface area (Å²) in [6, 6.07) is 17.8. The fourth-order valence-corrected chi connectivity index (χ4v) is 4.68. The van der Waals surface area contributed by atoms with Crippen LogP contribution in [0.5, 0.6) is 11.5 Å². The molecular formula is C23H18N4O4S2. The molecule has 8 nitrogen and oxygen atoms in total. The number of carbonyl (C=O) groups is 2. The Kier molecular flexibility index (Phi) is 6.01. The molecule has 0 radical (unpaired) electrons. The molecule has 33 heavy (non-hydrogen) atoms. The van der Waals surface area contributed by atoms with Crippen molar-refractivity contribution in [3.63, 3.8) is 0 Å². The quantitative estimate of drug-likeness (QED) is 0.417. The van der Waals surface area contributed by atoms with E-state index in [1.807, 2.05) is 53.9 Å². The summed E-state index contributed by atoms with van der Waals surface area (Å²) in [7, 11) is 0. The number of nitrogens with zero attached hydrogens (tertiary/aromatic N) is 2. The summed E-state index contributed by atoms with van der Waals surface area (Å²) in [4.78, 5) is 26.3. The Morgan fingerprint density at radius 3 is 2.67 bits per heavy atom. The van der Waals surface area contributed by atoms with E-state index in [0.29, 0.717) is 32.9 Å². The second kappa shape index (κ2) is 9.39. The number of thiophene rings is 1. The minimum atomic E-state index is -0.778. The number of benzene rings is 2. The highest BCUT2D eigenvalue weighted by Crippen LogP contribution is 2.37. The predicted octanol–water partition coefficient (Wildman–Crippen LogP) is 3.98. The van der Waals surface area contributed by atoms with Gasteiger partial charge in [-0.3, -0.25) is 14.9 Å². The van der Waals surface area contributed by atoms with Gasteiger partial charge < -0.3 is 14.8 Å². The summed E-state index contributed by atoms with van der Waals surface area (Å²) in [6.45, 7) is 0.191. The third-order valence-electron chi connectivity index (χ3n) is 4.92. The molecule has 0 saturated carbocycles. The number of amides is 2. The van der Waals surface area contributed by atoms with E-state index in [1.54, 1.807) is 12.1 Å². The van der Waals surface area contributed by atoms with Crippen molar-refractivity contribution in [1.82, 2.24) is 15.5 Å². The minimum Gasteiger partial charge on any atom is -0.454 e. The summed E-state index contributed by atoms with van der Waals surface area (Å²) in [5, 5.41) is 16.7. The zero-order valence-electron chi connectivity index (χ0n) is 17.2. The van der Waals surface area contributed by atoms with Crippen LogP contribution in [0.15, 0.2) is 66.0 Å². The van der Waals surface area contributed by atoms with E-state index in [4.69, 9.17) is 9.47 Å². The SMILES string of the molecule is O=C(NC(Cc1ccccc1)C(=O)Nc1nnc(-c2ccc3c(c2)OCO3)s1)c1cccs1. The van der Waals surface area contributed by atoms with Gasteiger partial charge in [0.05, 0.1) is 4.88 Å². The Morgan fingerprint density at radius 1 is 1.00 bits per heavy atom. The van der Waals surface area contributed by atoms with Gasteiger partial charge in [-0.15, -0.1) is 21.5 Å². The van der Waals surface area contributed by atoms with Crippen molar-refractivity contribution in [2.75, 3.05) is 12.1 Å². The van der Waals surface area contributed by atoms with E-state index in [-0.39, 0.29) is 18.6 Å². The summed E-state index contributed by atoms with van der Waals surface area (Å²) < 4.78 is 10.7. The van der Waals surface area contributed by atoms with Crippen LogP contribution in [0.3, 0.4) is 0 Å². The normalized spacial score (nSPS) is 12.8. The van der Waals surface area contributed by atoms with Crippen molar-refractivity contribution < 1.29 is 19.1 Å². The maximum atomic E-state index is 13.1. The molecule has 2 amide bonds. The lowest BCUT2D eigenvalue weighted by atomic mass is 10.1. The number of fused-ring (bicyclic) bond motifs is 1. The van der Waals surface area contributed by atoms with Gasteiger partial charge in [0, 0.05) is 12.0 Å². The Hall–Kier alpha value is -3.76. The van der Waals surface area contributed by atoms with Gasteiger partial charge in [0.15, 0.2) is 11.5 Å². The topological polar surface area (TPSA) is 102 Å². The van der Waals surface area contributed by atoms with Crippen molar-refractivity contribution in [3.05, 3.63) is 76.5 Å². The van der Waals surface area contributed by atoms with Crippen molar-refractivity contribution in [2.45, 2.75) is 12.5 Å². The lowest BCUT2D eigenvalue weighted by Crippen LogP contribution is -2.45. The van der Waals surface area contributed by atoms with Crippen LogP contribution < -0.4 is 20.1 Å². The Balaban J connectivity index is 1.32. The molecule has 1 aliphatic rings. The fourth-order valence-electron chi connectivity index (χ4n) is 3.31. The zero-order valence-corrected chi connectivity index (χ0v) is 18.8. The van der Waals surface area contributed by atoms with E-state index < -0.39 is 6.04 Å². The summed E-state index contributed by atoms with van der Waals surface area (Å²) in [6.07, 6.45) is 0.345. The highest BCUT2D eigenvalue weighted by molar-refractivity contribution is 7.18. The third-order valence-corrected chi connectivity index (χ3v) is 6.68. The van der Waals surface area contributed by atoms with Gasteiger partial charge >= 0.3 is 0 Å². The fraction of sp³-hybridized carbons (Fsp3) is 0.130. The molecule has 1 atom stereocenters. The molecule has 1 aliphatic heterocycles. The zero-order chi connectivity index (χ0) is 22.6. The number of anilines is 1. The molecule has 2 aromatic heterocycles. The lowest BCUT2D eigenvalue weighted by Gasteiger charge is -2.17. The van der Waals surface area contributed by atoms with E-state index in [9.17, 15) is 9.59 Å². The molecule has 166 valence electrons. The third kappa shape index (κ3) is 4.86. The number of hydrogen-bond acceptors (Lipinski definition) is 8. The first-order valence-electron chi connectivity index (χ1n) is 10.1. The molecule has 0 fully saturated rings. The second-order valence-corrected chi connectivity index (χ2v) is 9.09. The van der Waals surface area contributed by atoms with Crippen LogP contribution >= 0.6 is 22.7 Å². The van der Waals surface area contributed by atoms with Crippen molar-refractivity contribution in [2.24, 2.45) is 0 Å². The summed E-state index contributed by atoms with van der Waals surface area (Å²) in [5.74, 6) is 0.672. The molecule has 0 aliphatic carbocycles. The molecule has 4 aromatic rings. The van der Waals surface area contributed by atoms with Gasteiger partial charge in [-0.1, -0.05) is 47.7 Å². The van der Waals surface area contributed by atoms with Crippen molar-refractivity contribution in [1.29, 1.82) is 0 Å². The van der Waals surface area contributed by atoms with Gasteiger partial charge in [-0.2, -0.15) is 0 Å². The van der Waals surface area contributed by atoms with E-state index in [0.717, 1.165) is 11.1 Å². The molecule has 10 heteroatoms. The van der Waals surface area contributed by atoms with Crippen LogP contribution in [0.4, 0.5) is 5.13 Å². The number of ether oxygens (including phenoxy) is 2. The van der Waals surface area contributed by atoms with Crippen LogP contribution in [0.2, 0.25) is 0 Å². The smallest absolute Gasteiger partial charge is 0.262 e. The number of aromatic nitrogens is 2. The lowest BCUT2D eigenvalue weighted by molar-refractivity contribution is -0.118. The van der Waals surface area contributed by atoms with Gasteiger partial charge in [0.25, 0.3) is 5.91 Å². The molecule has 2 N–H and O–H groups in total. The van der Waals surface area contributed by atoms with E-state index in [1.165, 1.54) is 22.7 Å². The van der Waals surface area contributed by atoms with Crippen LogP contribution in [0.25, 0.3) is 10.6 Å². The van der Waals surface area contributed by atoms with E-state index in [2.05, 4.69) is 20.8 Å². The summed E-state index contributed by atoms with van der Waals surface area (Å²) >= 11 is 2.56. The predicted molar refractivity (Wildman–Crippen MR) is 126 cm³/mol. The van der Waals surface area contributed by atoms with Crippen LogP contribution in [-0.4, -0.2) is 34.8 Å². The van der Waals surface area contributed by atoms with E-state index >= 15 is 0 Å². The molecule has 3 heterocycles. The Bertz CT molecular complexity index is 1270. The molecule has 0 bridgehead atoms. The van der Waals surface area contributed by atoms with Crippen LogP contribution in [-0.2, 0) is 11.2 Å². The molecule has 0 saturated heterocycles. The Labute approximate surface area is 197 Å². The van der Waals surface area contributed by atoms with Gasteiger partial charge in [-0.05, 0) is 35.2 Å². The first kappa shape index (κ1) is 21.1. The standard InChI is InChI=1S/C23H18N4O4S2/c28-20(16(11-14-5-2-1-3-6-14)24-21(29)19-7-4-10-32-19)25-23-27-26-22(33-23)15-8-9-17-18(12-15)31-13-30-17/h1-10,12,16H,11,13H2,(H,24,29)(H,25,27,28). The Morgan fingerprint density at radius 2 is 1.85 bits per heavy atom. The van der Waals surface area contributed by atoms with Gasteiger partial charge in [0.2, 0.25) is 17.8 Å². The number of nitrogens with one attached hydrogen (secondary N) is 2. The largest absolute Gasteiger partial charge is 0.454 e. The first-order chi connectivity index (χ1) is 16.2.